The standard InChI is InChI=1S/C33H35N3OS/c1-17(2)28(18(3)4)35-29-20(7)8-9-21-14-22(10-12-24(21)29)27-15-23-11-13-25-30-26(34-33(36-30)19(5)6)16-37-31(25)32(23)38-27/h8-15,17,19,35H,16H2,1-7H3,(H,34,36). The minimum atomic E-state index is 0.354. The highest BCUT2D eigenvalue weighted by atomic mass is 32.1. The van der Waals surface area contributed by atoms with Crippen LogP contribution in [0.15, 0.2) is 59.8 Å². The molecule has 5 heteroatoms. The lowest BCUT2D eigenvalue weighted by molar-refractivity contribution is 0.302. The minimum Gasteiger partial charge on any atom is -0.485 e. The van der Waals surface area contributed by atoms with E-state index in [1.54, 1.807) is 11.3 Å². The number of H-pyrrole nitrogens is 1. The number of rotatable bonds is 5. The van der Waals surface area contributed by atoms with Crippen LogP contribution in [0.5, 0.6) is 5.75 Å². The predicted molar refractivity (Wildman–Crippen MR) is 162 cm³/mol. The third kappa shape index (κ3) is 4.10. The lowest BCUT2D eigenvalue weighted by atomic mass is 9.99. The number of thiophene rings is 1. The van der Waals surface area contributed by atoms with Gasteiger partial charge in [-0.3, -0.25) is 0 Å². The zero-order chi connectivity index (χ0) is 26.7. The maximum Gasteiger partial charge on any atom is 0.147 e. The number of allylic oxidation sites excluding steroid dienone is 2. The van der Waals surface area contributed by atoms with E-state index in [4.69, 9.17) is 9.72 Å². The molecule has 0 amide bonds. The summed E-state index contributed by atoms with van der Waals surface area (Å²) in [6.07, 6.45) is 0. The Hall–Kier alpha value is -3.57. The Morgan fingerprint density at radius 1 is 1.00 bits per heavy atom. The molecule has 0 saturated carbocycles. The fourth-order valence-electron chi connectivity index (χ4n) is 5.46. The number of aromatic amines is 1. The van der Waals surface area contributed by atoms with Gasteiger partial charge < -0.3 is 15.0 Å². The number of fused-ring (bicyclic) bond motifs is 6. The van der Waals surface area contributed by atoms with Gasteiger partial charge >= 0.3 is 0 Å². The smallest absolute Gasteiger partial charge is 0.147 e. The molecule has 0 saturated heterocycles. The first-order valence-electron chi connectivity index (χ1n) is 13.5. The van der Waals surface area contributed by atoms with Gasteiger partial charge in [-0.2, -0.15) is 0 Å². The minimum absolute atomic E-state index is 0.354. The summed E-state index contributed by atoms with van der Waals surface area (Å²) < 4.78 is 7.50. The van der Waals surface area contributed by atoms with Crippen molar-refractivity contribution in [2.24, 2.45) is 5.92 Å². The molecule has 0 unspecified atom stereocenters. The average molecular weight is 522 g/mol. The number of nitrogens with zero attached hydrogens (tertiary/aromatic N) is 1. The van der Waals surface area contributed by atoms with Crippen LogP contribution in [0.2, 0.25) is 0 Å². The monoisotopic (exact) mass is 521 g/mol. The van der Waals surface area contributed by atoms with Gasteiger partial charge in [-0.25, -0.2) is 4.98 Å². The lowest BCUT2D eigenvalue weighted by Crippen LogP contribution is -2.09. The predicted octanol–water partition coefficient (Wildman–Crippen LogP) is 9.80. The van der Waals surface area contributed by atoms with Gasteiger partial charge in [0.2, 0.25) is 0 Å². The summed E-state index contributed by atoms with van der Waals surface area (Å²) >= 11 is 1.80. The number of hydrogen-bond acceptors (Lipinski definition) is 4. The van der Waals surface area contributed by atoms with Crippen LogP contribution in [0.25, 0.3) is 42.6 Å². The Kier molecular flexibility index (Phi) is 6.07. The Balaban J connectivity index is 1.42. The van der Waals surface area contributed by atoms with Crippen molar-refractivity contribution >= 4 is 37.9 Å². The maximum absolute atomic E-state index is 6.31. The van der Waals surface area contributed by atoms with E-state index in [0.717, 1.165) is 28.5 Å². The molecule has 38 heavy (non-hydrogen) atoms. The summed E-state index contributed by atoms with van der Waals surface area (Å²) in [7, 11) is 0. The summed E-state index contributed by atoms with van der Waals surface area (Å²) in [5.74, 6) is 2.77. The van der Waals surface area contributed by atoms with Gasteiger partial charge in [0.05, 0.1) is 16.1 Å². The molecule has 6 rings (SSSR count). The number of imidazole rings is 1. The highest BCUT2D eigenvalue weighted by Gasteiger charge is 2.25. The van der Waals surface area contributed by atoms with E-state index in [1.807, 2.05) is 0 Å². The van der Waals surface area contributed by atoms with E-state index < -0.39 is 0 Å². The van der Waals surface area contributed by atoms with Crippen molar-refractivity contribution in [3.63, 3.8) is 0 Å². The summed E-state index contributed by atoms with van der Waals surface area (Å²) in [5, 5.41) is 7.48. The molecule has 1 aliphatic heterocycles. The zero-order valence-corrected chi connectivity index (χ0v) is 24.1. The van der Waals surface area contributed by atoms with E-state index in [2.05, 4.69) is 107 Å². The van der Waals surface area contributed by atoms with Crippen LogP contribution in [0.3, 0.4) is 0 Å². The number of anilines is 1. The SMILES string of the molecule is CC(C)=C(Nc1c(C)ccc2cc(-c3cc4ccc5c(c4s3)OCc3[nH]c(C(C)C)nc3-5)ccc12)C(C)C. The number of ether oxygens (including phenoxy) is 1. The molecular formula is C33H35N3OS. The molecule has 0 spiro atoms. The highest BCUT2D eigenvalue weighted by Crippen LogP contribution is 2.47. The first-order valence-corrected chi connectivity index (χ1v) is 14.3. The van der Waals surface area contributed by atoms with Crippen molar-refractivity contribution in [2.75, 3.05) is 5.32 Å². The van der Waals surface area contributed by atoms with E-state index in [9.17, 15) is 0 Å². The van der Waals surface area contributed by atoms with Crippen LogP contribution in [-0.4, -0.2) is 9.97 Å². The summed E-state index contributed by atoms with van der Waals surface area (Å²) in [5.41, 5.74) is 9.49. The molecule has 0 radical (unpaired) electrons. The van der Waals surface area contributed by atoms with Crippen molar-refractivity contribution in [1.82, 2.24) is 9.97 Å². The van der Waals surface area contributed by atoms with Crippen LogP contribution >= 0.6 is 11.3 Å². The number of benzene rings is 3. The lowest BCUT2D eigenvalue weighted by Gasteiger charge is -2.20. The van der Waals surface area contributed by atoms with Gasteiger partial charge in [0.25, 0.3) is 0 Å². The fraction of sp³-hybridized carbons (Fsp3) is 0.303. The van der Waals surface area contributed by atoms with Gasteiger partial charge in [-0.1, -0.05) is 63.6 Å². The molecule has 2 aromatic heterocycles. The zero-order valence-electron chi connectivity index (χ0n) is 23.2. The first kappa shape index (κ1) is 24.7. The van der Waals surface area contributed by atoms with Crippen LogP contribution in [-0.2, 0) is 6.61 Å². The molecule has 2 N–H and O–H groups in total. The first-order chi connectivity index (χ1) is 18.2. The molecule has 194 valence electrons. The van der Waals surface area contributed by atoms with Crippen molar-refractivity contribution in [3.8, 4) is 27.4 Å². The second kappa shape index (κ2) is 9.32. The van der Waals surface area contributed by atoms with Crippen molar-refractivity contribution < 1.29 is 4.74 Å². The van der Waals surface area contributed by atoms with Crippen molar-refractivity contribution in [2.45, 2.75) is 61.0 Å². The topological polar surface area (TPSA) is 49.9 Å². The van der Waals surface area contributed by atoms with Crippen LogP contribution in [0, 0.1) is 12.8 Å². The normalized spacial score (nSPS) is 12.7. The van der Waals surface area contributed by atoms with Gasteiger partial charge in [-0.05, 0) is 66.8 Å². The molecule has 3 heterocycles. The van der Waals surface area contributed by atoms with E-state index in [0.29, 0.717) is 18.4 Å². The number of aryl methyl sites for hydroxylation is 1. The second-order valence-corrected chi connectivity index (χ2v) is 12.3. The van der Waals surface area contributed by atoms with E-state index in [1.165, 1.54) is 53.8 Å². The van der Waals surface area contributed by atoms with Gasteiger partial charge in [0.15, 0.2) is 0 Å². The average Bonchev–Trinajstić information content (AvgIpc) is 3.52. The Morgan fingerprint density at radius 3 is 2.53 bits per heavy atom. The largest absolute Gasteiger partial charge is 0.485 e. The molecule has 0 bridgehead atoms. The third-order valence-electron chi connectivity index (χ3n) is 7.49. The number of aromatic nitrogens is 2. The van der Waals surface area contributed by atoms with Gasteiger partial charge in [0, 0.05) is 33.1 Å². The summed E-state index contributed by atoms with van der Waals surface area (Å²) in [6.45, 7) is 15.9. The summed E-state index contributed by atoms with van der Waals surface area (Å²) in [6, 6.07) is 17.9. The Labute approximate surface area is 228 Å². The van der Waals surface area contributed by atoms with E-state index in [-0.39, 0.29) is 0 Å². The number of hydrogen-bond donors (Lipinski definition) is 2. The molecule has 0 fully saturated rings. The van der Waals surface area contributed by atoms with E-state index >= 15 is 0 Å². The third-order valence-corrected chi connectivity index (χ3v) is 8.69. The molecule has 0 atom stereocenters. The van der Waals surface area contributed by atoms with Crippen molar-refractivity contribution in [3.05, 3.63) is 76.9 Å². The molecule has 4 nitrogen and oxygen atoms in total. The summed E-state index contributed by atoms with van der Waals surface area (Å²) in [4.78, 5) is 9.62. The Bertz CT molecular complexity index is 1730. The molecule has 3 aromatic carbocycles. The number of nitrogens with one attached hydrogen (secondary N) is 2. The van der Waals surface area contributed by atoms with Crippen molar-refractivity contribution in [1.29, 1.82) is 0 Å². The molecule has 1 aliphatic rings. The van der Waals surface area contributed by atoms with Gasteiger partial charge in [-0.15, -0.1) is 11.3 Å². The quantitative estimate of drug-likeness (QED) is 0.242. The van der Waals surface area contributed by atoms with Crippen LogP contribution in [0.4, 0.5) is 5.69 Å². The van der Waals surface area contributed by atoms with Crippen LogP contribution < -0.4 is 10.1 Å². The van der Waals surface area contributed by atoms with Gasteiger partial charge in [0.1, 0.15) is 18.2 Å². The Morgan fingerprint density at radius 2 is 1.79 bits per heavy atom. The fourth-order valence-corrected chi connectivity index (χ4v) is 6.62. The van der Waals surface area contributed by atoms with Crippen LogP contribution in [0.1, 0.15) is 64.5 Å². The highest BCUT2D eigenvalue weighted by molar-refractivity contribution is 7.22. The maximum atomic E-state index is 6.31. The molecule has 0 aliphatic carbocycles. The molecule has 5 aromatic rings. The molecular weight excluding hydrogens is 486 g/mol. The second-order valence-electron chi connectivity index (χ2n) is 11.3.